The molecule has 2 aliphatic heterocycles. The average Bonchev–Trinajstić information content (AvgIpc) is 3.29. The first-order chi connectivity index (χ1) is 14.1. The molecule has 2 saturated heterocycles. The van der Waals surface area contributed by atoms with Crippen LogP contribution in [0.5, 0.6) is 0 Å². The van der Waals surface area contributed by atoms with Crippen molar-refractivity contribution in [2.24, 2.45) is 0 Å². The van der Waals surface area contributed by atoms with E-state index < -0.39 is 17.5 Å². The second-order valence-electron chi connectivity index (χ2n) is 6.96. The van der Waals surface area contributed by atoms with Gasteiger partial charge in [-0.2, -0.15) is 15.0 Å². The molecule has 4 rings (SSSR count). The highest BCUT2D eigenvalue weighted by Gasteiger charge is 2.21. The summed E-state index contributed by atoms with van der Waals surface area (Å²) in [6.45, 7) is 4.40. The van der Waals surface area contributed by atoms with E-state index in [-0.39, 0.29) is 12.1 Å². The molecule has 3 heterocycles. The number of morpholine rings is 1. The Bertz CT molecular complexity index is 885. The first-order valence-corrected chi connectivity index (χ1v) is 9.66. The number of carbonyl (C=O) groups excluding carboxylic acids is 1. The zero-order chi connectivity index (χ0) is 20.2. The molecule has 1 amide bonds. The third kappa shape index (κ3) is 4.58. The number of anilines is 2. The van der Waals surface area contributed by atoms with Crippen LogP contribution >= 0.6 is 0 Å². The smallest absolute Gasteiger partial charge is 0.251 e. The van der Waals surface area contributed by atoms with E-state index in [2.05, 4.69) is 25.2 Å². The highest BCUT2D eigenvalue weighted by Crippen LogP contribution is 2.19. The first kappa shape index (κ1) is 19.4. The van der Waals surface area contributed by atoms with E-state index in [1.807, 2.05) is 4.90 Å². The van der Waals surface area contributed by atoms with Gasteiger partial charge in [-0.3, -0.25) is 4.79 Å². The topological polar surface area (TPSA) is 83.5 Å². The van der Waals surface area contributed by atoms with E-state index in [1.54, 1.807) is 0 Å². The largest absolute Gasteiger partial charge is 0.378 e. The molecule has 0 aliphatic carbocycles. The molecule has 2 aliphatic rings. The molecule has 0 spiro atoms. The Hall–Kier alpha value is -2.88. The minimum Gasteiger partial charge on any atom is -0.378 e. The quantitative estimate of drug-likeness (QED) is 0.809. The lowest BCUT2D eigenvalue weighted by molar-refractivity contribution is 0.0949. The van der Waals surface area contributed by atoms with Crippen molar-refractivity contribution >= 4 is 17.8 Å². The molecule has 8 nitrogen and oxygen atoms in total. The molecular weight excluding hydrogens is 382 g/mol. The zero-order valence-corrected chi connectivity index (χ0v) is 15.9. The summed E-state index contributed by atoms with van der Waals surface area (Å²) < 4.78 is 31.8. The van der Waals surface area contributed by atoms with Crippen LogP contribution in [0.1, 0.15) is 29.0 Å². The SMILES string of the molecule is O=C(NCc1nc(N2CCCC2)nc(N2CCOCC2)n1)c1ccc(F)c(F)c1. The van der Waals surface area contributed by atoms with Crippen LogP contribution in [0, 0.1) is 11.6 Å². The first-order valence-electron chi connectivity index (χ1n) is 9.66. The van der Waals surface area contributed by atoms with Crippen molar-refractivity contribution in [3.63, 3.8) is 0 Å². The molecule has 2 fully saturated rings. The summed E-state index contributed by atoms with van der Waals surface area (Å²) in [5.41, 5.74) is 0.0334. The van der Waals surface area contributed by atoms with Crippen LogP contribution in [0.2, 0.25) is 0 Å². The van der Waals surface area contributed by atoms with Gasteiger partial charge in [0.25, 0.3) is 5.91 Å². The average molecular weight is 404 g/mol. The number of nitrogens with one attached hydrogen (secondary N) is 1. The van der Waals surface area contributed by atoms with Crippen molar-refractivity contribution in [3.05, 3.63) is 41.2 Å². The Labute approximate surface area is 166 Å². The third-order valence-corrected chi connectivity index (χ3v) is 4.93. The highest BCUT2D eigenvalue weighted by molar-refractivity contribution is 5.94. The summed E-state index contributed by atoms with van der Waals surface area (Å²) >= 11 is 0. The molecule has 1 aromatic carbocycles. The molecule has 0 saturated carbocycles. The summed E-state index contributed by atoms with van der Waals surface area (Å²) in [5, 5.41) is 2.67. The van der Waals surface area contributed by atoms with Crippen molar-refractivity contribution in [1.82, 2.24) is 20.3 Å². The lowest BCUT2D eigenvalue weighted by atomic mass is 10.2. The summed E-state index contributed by atoms with van der Waals surface area (Å²) in [5.74, 6) is -1.02. The molecule has 10 heteroatoms. The summed E-state index contributed by atoms with van der Waals surface area (Å²) in [6, 6.07) is 3.03. The number of benzene rings is 1. The molecule has 0 radical (unpaired) electrons. The number of rotatable bonds is 5. The fourth-order valence-corrected chi connectivity index (χ4v) is 3.34. The normalized spacial score (nSPS) is 16.9. The fraction of sp³-hybridized carbons (Fsp3) is 0.474. The van der Waals surface area contributed by atoms with E-state index in [0.29, 0.717) is 44.0 Å². The van der Waals surface area contributed by atoms with Crippen molar-refractivity contribution < 1.29 is 18.3 Å². The van der Waals surface area contributed by atoms with Gasteiger partial charge in [0.1, 0.15) is 0 Å². The standard InChI is InChI=1S/C19H22F2N6O2/c20-14-4-3-13(11-15(14)21)17(28)22-12-16-23-18(26-5-1-2-6-26)25-19(24-16)27-7-9-29-10-8-27/h3-4,11H,1-2,5-10,12H2,(H,22,28). The molecule has 1 N–H and O–H groups in total. The van der Waals surface area contributed by atoms with Gasteiger partial charge in [0.05, 0.1) is 19.8 Å². The predicted molar refractivity (Wildman–Crippen MR) is 102 cm³/mol. The zero-order valence-electron chi connectivity index (χ0n) is 15.9. The second-order valence-corrected chi connectivity index (χ2v) is 6.96. The van der Waals surface area contributed by atoms with Gasteiger partial charge in [0.15, 0.2) is 17.5 Å². The predicted octanol–water partition coefficient (Wildman–Crippen LogP) is 1.52. The minimum absolute atomic E-state index is 0.0334. The number of aromatic nitrogens is 3. The molecule has 29 heavy (non-hydrogen) atoms. The Morgan fingerprint density at radius 3 is 2.28 bits per heavy atom. The Morgan fingerprint density at radius 2 is 1.62 bits per heavy atom. The van der Waals surface area contributed by atoms with Crippen molar-refractivity contribution in [1.29, 1.82) is 0 Å². The Kier molecular flexibility index (Phi) is 5.79. The molecule has 0 atom stereocenters. The lowest BCUT2D eigenvalue weighted by Gasteiger charge is -2.28. The summed E-state index contributed by atoms with van der Waals surface area (Å²) in [7, 11) is 0. The molecule has 154 valence electrons. The number of hydrogen-bond donors (Lipinski definition) is 1. The van der Waals surface area contributed by atoms with Crippen LogP contribution in [-0.2, 0) is 11.3 Å². The number of hydrogen-bond acceptors (Lipinski definition) is 7. The van der Waals surface area contributed by atoms with Crippen LogP contribution in [0.15, 0.2) is 18.2 Å². The van der Waals surface area contributed by atoms with Crippen LogP contribution in [0.4, 0.5) is 20.7 Å². The van der Waals surface area contributed by atoms with Gasteiger partial charge < -0.3 is 19.9 Å². The molecule has 2 aromatic rings. The van der Waals surface area contributed by atoms with Gasteiger partial charge in [0, 0.05) is 31.7 Å². The fourth-order valence-electron chi connectivity index (χ4n) is 3.34. The monoisotopic (exact) mass is 404 g/mol. The van der Waals surface area contributed by atoms with Crippen molar-refractivity contribution in [3.8, 4) is 0 Å². The molecule has 0 bridgehead atoms. The molecule has 1 aromatic heterocycles. The van der Waals surface area contributed by atoms with Crippen LogP contribution in [0.25, 0.3) is 0 Å². The van der Waals surface area contributed by atoms with Crippen LogP contribution in [0.3, 0.4) is 0 Å². The van der Waals surface area contributed by atoms with E-state index in [1.165, 1.54) is 6.07 Å². The summed E-state index contributed by atoms with van der Waals surface area (Å²) in [6.07, 6.45) is 2.17. The van der Waals surface area contributed by atoms with Gasteiger partial charge in [-0.1, -0.05) is 0 Å². The van der Waals surface area contributed by atoms with Gasteiger partial charge >= 0.3 is 0 Å². The van der Waals surface area contributed by atoms with E-state index in [0.717, 1.165) is 38.1 Å². The summed E-state index contributed by atoms with van der Waals surface area (Å²) in [4.78, 5) is 30.1. The second kappa shape index (κ2) is 8.64. The number of carbonyl (C=O) groups is 1. The Morgan fingerprint density at radius 1 is 0.966 bits per heavy atom. The van der Waals surface area contributed by atoms with Gasteiger partial charge in [-0.05, 0) is 31.0 Å². The lowest BCUT2D eigenvalue weighted by Crippen LogP contribution is -2.38. The number of halogens is 2. The van der Waals surface area contributed by atoms with Gasteiger partial charge in [0.2, 0.25) is 11.9 Å². The maximum atomic E-state index is 13.4. The number of amides is 1. The van der Waals surface area contributed by atoms with Crippen LogP contribution < -0.4 is 15.1 Å². The highest BCUT2D eigenvalue weighted by atomic mass is 19.2. The number of ether oxygens (including phenoxy) is 1. The van der Waals surface area contributed by atoms with Crippen molar-refractivity contribution in [2.75, 3.05) is 49.2 Å². The van der Waals surface area contributed by atoms with Gasteiger partial charge in [-0.15, -0.1) is 0 Å². The maximum absolute atomic E-state index is 13.4. The van der Waals surface area contributed by atoms with E-state index >= 15 is 0 Å². The van der Waals surface area contributed by atoms with E-state index in [4.69, 9.17) is 4.74 Å². The van der Waals surface area contributed by atoms with Crippen LogP contribution in [-0.4, -0.2) is 60.3 Å². The molecule has 0 unspecified atom stereocenters. The molecular formula is C19H22F2N6O2. The minimum atomic E-state index is -1.07. The number of nitrogens with zero attached hydrogens (tertiary/aromatic N) is 5. The van der Waals surface area contributed by atoms with Crippen molar-refractivity contribution in [2.45, 2.75) is 19.4 Å². The third-order valence-electron chi connectivity index (χ3n) is 4.93. The van der Waals surface area contributed by atoms with E-state index in [9.17, 15) is 13.6 Å². The Balaban J connectivity index is 1.52. The maximum Gasteiger partial charge on any atom is 0.251 e. The van der Waals surface area contributed by atoms with Gasteiger partial charge in [-0.25, -0.2) is 8.78 Å².